The van der Waals surface area contributed by atoms with Crippen LogP contribution in [0.15, 0.2) is 5.10 Å². The fourth-order valence-corrected chi connectivity index (χ4v) is 4.32. The summed E-state index contributed by atoms with van der Waals surface area (Å²) in [6.07, 6.45) is 2.69. The minimum absolute atomic E-state index is 0.163. The van der Waals surface area contributed by atoms with Gasteiger partial charge in [0.25, 0.3) is 5.91 Å². The molecule has 1 N–H and O–H groups in total. The summed E-state index contributed by atoms with van der Waals surface area (Å²) in [5, 5.41) is 3.82. The van der Waals surface area contributed by atoms with Gasteiger partial charge in [-0.15, -0.1) is 0 Å². The van der Waals surface area contributed by atoms with E-state index in [1.807, 2.05) is 6.92 Å². The number of hydrogen-bond acceptors (Lipinski definition) is 5. The third-order valence-corrected chi connectivity index (χ3v) is 6.00. The second-order valence-electron chi connectivity index (χ2n) is 5.81. The normalized spacial score (nSPS) is 20.7. The van der Waals surface area contributed by atoms with Crippen LogP contribution < -0.4 is 5.43 Å². The van der Waals surface area contributed by atoms with Crippen molar-refractivity contribution in [3.63, 3.8) is 0 Å². The molecule has 0 aromatic heterocycles. The first-order valence-electron chi connectivity index (χ1n) is 8.06. The van der Waals surface area contributed by atoms with E-state index in [-0.39, 0.29) is 24.0 Å². The number of hydrogen-bond donors (Lipinski definition) is 1. The molecule has 0 spiro atoms. The van der Waals surface area contributed by atoms with E-state index in [0.717, 1.165) is 6.42 Å². The third kappa shape index (κ3) is 4.74. The van der Waals surface area contributed by atoms with Crippen molar-refractivity contribution in [3.8, 4) is 0 Å². The van der Waals surface area contributed by atoms with E-state index < -0.39 is 10.0 Å². The summed E-state index contributed by atoms with van der Waals surface area (Å²) in [6.45, 7) is 3.58. The predicted molar refractivity (Wildman–Crippen MR) is 86.3 cm³/mol. The lowest BCUT2D eigenvalue weighted by Gasteiger charge is -2.23. The number of sulfonamides is 1. The highest BCUT2D eigenvalue weighted by Crippen LogP contribution is 2.12. The van der Waals surface area contributed by atoms with Crippen molar-refractivity contribution in [1.29, 1.82) is 0 Å². The molecule has 0 aromatic carbocycles. The van der Waals surface area contributed by atoms with Gasteiger partial charge < -0.3 is 4.90 Å². The van der Waals surface area contributed by atoms with Crippen molar-refractivity contribution in [2.24, 2.45) is 5.10 Å². The zero-order chi connectivity index (χ0) is 16.9. The van der Waals surface area contributed by atoms with Crippen molar-refractivity contribution >= 4 is 27.5 Å². The monoisotopic (exact) mass is 344 g/mol. The molecule has 2 aliphatic rings. The maximum Gasteiger partial charge on any atom is 0.270 e. The van der Waals surface area contributed by atoms with Gasteiger partial charge in [-0.05, 0) is 12.8 Å². The van der Waals surface area contributed by atoms with Crippen LogP contribution in [0.3, 0.4) is 0 Å². The highest BCUT2D eigenvalue weighted by Gasteiger charge is 2.29. The molecule has 0 aromatic rings. The van der Waals surface area contributed by atoms with Gasteiger partial charge in [-0.1, -0.05) is 13.3 Å². The van der Waals surface area contributed by atoms with Crippen LogP contribution in [0.1, 0.15) is 39.0 Å². The summed E-state index contributed by atoms with van der Waals surface area (Å²) >= 11 is 0. The first-order valence-corrected chi connectivity index (χ1v) is 9.67. The number of hydrazone groups is 1. The summed E-state index contributed by atoms with van der Waals surface area (Å²) in [4.78, 5) is 25.1. The SMILES string of the molecule is CCCCS(=O)(=O)N1CCCN(C(=O)C2=NNC(=O)CC2)CC1. The smallest absolute Gasteiger partial charge is 0.270 e. The topological polar surface area (TPSA) is 99.2 Å². The Hall–Kier alpha value is -1.48. The molecule has 1 saturated heterocycles. The average Bonchev–Trinajstić information content (AvgIpc) is 2.79. The van der Waals surface area contributed by atoms with Crippen molar-refractivity contribution in [2.75, 3.05) is 31.9 Å². The fourth-order valence-electron chi connectivity index (χ4n) is 2.64. The predicted octanol–water partition coefficient (Wildman–Crippen LogP) is -0.0834. The molecule has 9 heteroatoms. The Kier molecular flexibility index (Phi) is 6.11. The zero-order valence-electron chi connectivity index (χ0n) is 13.5. The van der Waals surface area contributed by atoms with Crippen molar-refractivity contribution in [1.82, 2.24) is 14.6 Å². The van der Waals surface area contributed by atoms with Crippen LogP contribution in [0, 0.1) is 0 Å². The molecule has 2 aliphatic heterocycles. The van der Waals surface area contributed by atoms with Crippen LogP contribution in [0.5, 0.6) is 0 Å². The van der Waals surface area contributed by atoms with Gasteiger partial charge in [-0.3, -0.25) is 9.59 Å². The second-order valence-corrected chi connectivity index (χ2v) is 7.90. The second kappa shape index (κ2) is 7.87. The van der Waals surface area contributed by atoms with Gasteiger partial charge in [0.1, 0.15) is 5.71 Å². The number of rotatable bonds is 5. The first kappa shape index (κ1) is 17.9. The largest absolute Gasteiger partial charge is 0.336 e. The summed E-state index contributed by atoms with van der Waals surface area (Å²) in [5.74, 6) is -0.237. The quantitative estimate of drug-likeness (QED) is 0.754. The number of carbonyl (C=O) groups excluding carboxylic acids is 2. The van der Waals surface area contributed by atoms with Gasteiger partial charge >= 0.3 is 0 Å². The van der Waals surface area contributed by atoms with Crippen molar-refractivity contribution in [3.05, 3.63) is 0 Å². The standard InChI is InChI=1S/C14H24N4O4S/c1-2-3-11-23(21,22)18-8-4-7-17(9-10-18)14(20)12-5-6-13(19)16-15-12/h2-11H2,1H3,(H,16,19). The molecule has 2 heterocycles. The Bertz CT molecular complexity index is 588. The number of unbranched alkanes of at least 4 members (excludes halogenated alkanes) is 1. The van der Waals surface area contributed by atoms with Crippen LogP contribution in [-0.2, 0) is 19.6 Å². The molecular formula is C14H24N4O4S. The maximum absolute atomic E-state index is 12.4. The maximum atomic E-state index is 12.4. The van der Waals surface area contributed by atoms with Gasteiger partial charge in [0.05, 0.1) is 5.75 Å². The lowest BCUT2D eigenvalue weighted by Crippen LogP contribution is -2.42. The Morgan fingerprint density at radius 3 is 2.65 bits per heavy atom. The van der Waals surface area contributed by atoms with E-state index in [9.17, 15) is 18.0 Å². The van der Waals surface area contributed by atoms with Gasteiger partial charge in [-0.2, -0.15) is 5.10 Å². The van der Waals surface area contributed by atoms with Gasteiger partial charge in [0.2, 0.25) is 15.9 Å². The van der Waals surface area contributed by atoms with Crippen LogP contribution >= 0.6 is 0 Å². The molecule has 23 heavy (non-hydrogen) atoms. The summed E-state index contributed by atoms with van der Waals surface area (Å²) in [6, 6.07) is 0. The number of nitrogens with zero attached hydrogens (tertiary/aromatic N) is 3. The summed E-state index contributed by atoms with van der Waals surface area (Å²) < 4.78 is 26.0. The van der Waals surface area contributed by atoms with E-state index in [1.165, 1.54) is 4.31 Å². The van der Waals surface area contributed by atoms with E-state index in [2.05, 4.69) is 10.5 Å². The van der Waals surface area contributed by atoms with E-state index >= 15 is 0 Å². The Morgan fingerprint density at radius 1 is 1.22 bits per heavy atom. The number of carbonyl (C=O) groups is 2. The fraction of sp³-hybridized carbons (Fsp3) is 0.786. The Labute approximate surface area is 136 Å². The molecule has 2 amide bonds. The minimum Gasteiger partial charge on any atom is -0.336 e. The third-order valence-electron chi connectivity index (χ3n) is 4.04. The number of amides is 2. The minimum atomic E-state index is -3.24. The van der Waals surface area contributed by atoms with Crippen LogP contribution in [0.25, 0.3) is 0 Å². The molecular weight excluding hydrogens is 320 g/mol. The molecule has 0 saturated carbocycles. The first-order chi connectivity index (χ1) is 10.9. The summed E-state index contributed by atoms with van der Waals surface area (Å²) in [5.41, 5.74) is 2.66. The molecule has 130 valence electrons. The average molecular weight is 344 g/mol. The highest BCUT2D eigenvalue weighted by atomic mass is 32.2. The van der Waals surface area contributed by atoms with E-state index in [1.54, 1.807) is 4.90 Å². The Morgan fingerprint density at radius 2 is 2.00 bits per heavy atom. The molecule has 1 fully saturated rings. The molecule has 0 radical (unpaired) electrons. The van der Waals surface area contributed by atoms with Crippen LogP contribution in [0.4, 0.5) is 0 Å². The van der Waals surface area contributed by atoms with Crippen molar-refractivity contribution < 1.29 is 18.0 Å². The molecule has 0 atom stereocenters. The highest BCUT2D eigenvalue weighted by molar-refractivity contribution is 7.89. The molecule has 0 aliphatic carbocycles. The van der Waals surface area contributed by atoms with Crippen LogP contribution in [-0.4, -0.2) is 67.1 Å². The lowest BCUT2D eigenvalue weighted by molar-refractivity contribution is -0.124. The number of nitrogens with one attached hydrogen (secondary N) is 1. The van der Waals surface area contributed by atoms with Gasteiger partial charge in [0, 0.05) is 39.0 Å². The Balaban J connectivity index is 1.96. The van der Waals surface area contributed by atoms with Gasteiger partial charge in [-0.25, -0.2) is 18.1 Å². The molecule has 8 nitrogen and oxygen atoms in total. The zero-order valence-corrected chi connectivity index (χ0v) is 14.3. The molecule has 2 rings (SSSR count). The summed E-state index contributed by atoms with van der Waals surface area (Å²) in [7, 11) is -3.24. The van der Waals surface area contributed by atoms with Crippen molar-refractivity contribution in [2.45, 2.75) is 39.0 Å². The molecule has 0 bridgehead atoms. The van der Waals surface area contributed by atoms with Gasteiger partial charge in [0.15, 0.2) is 0 Å². The van der Waals surface area contributed by atoms with Crippen LogP contribution in [0.2, 0.25) is 0 Å². The van der Waals surface area contributed by atoms with E-state index in [0.29, 0.717) is 51.2 Å². The molecule has 0 unspecified atom stereocenters. The van der Waals surface area contributed by atoms with E-state index in [4.69, 9.17) is 0 Å². The lowest BCUT2D eigenvalue weighted by atomic mass is 10.1.